The van der Waals surface area contributed by atoms with E-state index in [1.165, 1.54) is 6.92 Å². The lowest BCUT2D eigenvalue weighted by atomic mass is 10.0. The Bertz CT molecular complexity index is 445. The van der Waals surface area contributed by atoms with Crippen LogP contribution in [-0.4, -0.2) is 33.4 Å². The molecule has 0 aliphatic heterocycles. The van der Waals surface area contributed by atoms with E-state index in [0.717, 1.165) is 24.8 Å². The molecule has 5 heteroatoms. The quantitative estimate of drug-likeness (QED) is 0.690. The zero-order chi connectivity index (χ0) is 15.8. The molecular weight excluding hydrogens is 272 g/mol. The van der Waals surface area contributed by atoms with E-state index in [1.807, 2.05) is 19.1 Å². The summed E-state index contributed by atoms with van der Waals surface area (Å²) >= 11 is 0. The number of esters is 1. The minimum absolute atomic E-state index is 0.0680. The molecule has 1 rings (SSSR count). The van der Waals surface area contributed by atoms with E-state index in [-0.39, 0.29) is 12.1 Å². The van der Waals surface area contributed by atoms with Gasteiger partial charge in [0, 0.05) is 6.92 Å². The second-order valence-electron chi connectivity index (χ2n) is 4.71. The van der Waals surface area contributed by atoms with Crippen molar-refractivity contribution in [2.24, 2.45) is 0 Å². The molecule has 21 heavy (non-hydrogen) atoms. The van der Waals surface area contributed by atoms with Crippen molar-refractivity contribution in [2.75, 3.05) is 21.3 Å². The van der Waals surface area contributed by atoms with Crippen LogP contribution in [0.25, 0.3) is 0 Å². The summed E-state index contributed by atoms with van der Waals surface area (Å²) in [6.45, 7) is 3.44. The standard InChI is InChI=1S/C16H24O5/c1-6-13(21-11(2)17)8-7-12-9-14(18-3)16(20-5)15(10-12)19-4/h9-10,13H,6-8H2,1-5H3. The average Bonchev–Trinajstić information content (AvgIpc) is 2.49. The Balaban J connectivity index is 2.86. The van der Waals surface area contributed by atoms with Gasteiger partial charge in [-0.2, -0.15) is 0 Å². The number of benzene rings is 1. The maximum absolute atomic E-state index is 11.0. The number of ether oxygens (including phenoxy) is 4. The number of carbonyl (C=O) groups is 1. The Morgan fingerprint density at radius 3 is 2.05 bits per heavy atom. The first-order valence-electron chi connectivity index (χ1n) is 7.01. The van der Waals surface area contributed by atoms with Gasteiger partial charge in [-0.15, -0.1) is 0 Å². The smallest absolute Gasteiger partial charge is 0.302 e. The summed E-state index contributed by atoms with van der Waals surface area (Å²) in [6, 6.07) is 3.84. The van der Waals surface area contributed by atoms with Gasteiger partial charge in [0.1, 0.15) is 6.10 Å². The molecule has 0 spiro atoms. The van der Waals surface area contributed by atoms with Crippen LogP contribution >= 0.6 is 0 Å². The van der Waals surface area contributed by atoms with Gasteiger partial charge in [-0.1, -0.05) is 6.92 Å². The fourth-order valence-electron chi connectivity index (χ4n) is 2.19. The summed E-state index contributed by atoms with van der Waals surface area (Å²) in [7, 11) is 4.76. The van der Waals surface area contributed by atoms with Gasteiger partial charge in [-0.05, 0) is 37.0 Å². The molecule has 0 aliphatic carbocycles. The van der Waals surface area contributed by atoms with Crippen molar-refractivity contribution >= 4 is 5.97 Å². The summed E-state index contributed by atoms with van der Waals surface area (Å²) in [5.41, 5.74) is 1.05. The molecule has 1 aromatic carbocycles. The van der Waals surface area contributed by atoms with E-state index < -0.39 is 0 Å². The van der Waals surface area contributed by atoms with Crippen molar-refractivity contribution < 1.29 is 23.7 Å². The van der Waals surface area contributed by atoms with Crippen LogP contribution in [-0.2, 0) is 16.0 Å². The van der Waals surface area contributed by atoms with Crippen molar-refractivity contribution in [1.82, 2.24) is 0 Å². The predicted octanol–water partition coefficient (Wildman–Crippen LogP) is 2.99. The number of carbonyl (C=O) groups excluding carboxylic acids is 1. The van der Waals surface area contributed by atoms with Gasteiger partial charge in [0.05, 0.1) is 21.3 Å². The predicted molar refractivity (Wildman–Crippen MR) is 80.3 cm³/mol. The third-order valence-corrected chi connectivity index (χ3v) is 3.27. The molecule has 1 unspecified atom stereocenters. The van der Waals surface area contributed by atoms with Crippen LogP contribution in [0.1, 0.15) is 32.3 Å². The van der Waals surface area contributed by atoms with Gasteiger partial charge in [0.15, 0.2) is 11.5 Å². The summed E-state index contributed by atoms with van der Waals surface area (Å²) in [5, 5.41) is 0. The normalized spacial score (nSPS) is 11.7. The molecule has 0 N–H and O–H groups in total. The first-order chi connectivity index (χ1) is 10.0. The molecule has 0 aliphatic rings. The Hall–Kier alpha value is -1.91. The highest BCUT2D eigenvalue weighted by atomic mass is 16.5. The van der Waals surface area contributed by atoms with Crippen molar-refractivity contribution in [3.63, 3.8) is 0 Å². The van der Waals surface area contributed by atoms with Crippen molar-refractivity contribution in [1.29, 1.82) is 0 Å². The van der Waals surface area contributed by atoms with Crippen molar-refractivity contribution in [3.05, 3.63) is 17.7 Å². The van der Waals surface area contributed by atoms with Crippen molar-refractivity contribution in [3.8, 4) is 17.2 Å². The number of rotatable bonds is 8. The third-order valence-electron chi connectivity index (χ3n) is 3.27. The van der Waals surface area contributed by atoms with Gasteiger partial charge >= 0.3 is 5.97 Å². The van der Waals surface area contributed by atoms with Crippen LogP contribution in [0, 0.1) is 0 Å². The molecule has 0 heterocycles. The number of methoxy groups -OCH3 is 3. The second-order valence-corrected chi connectivity index (χ2v) is 4.71. The van der Waals surface area contributed by atoms with Crippen LogP contribution in [0.3, 0.4) is 0 Å². The summed E-state index contributed by atoms with van der Waals surface area (Å²) < 4.78 is 21.2. The van der Waals surface area contributed by atoms with E-state index >= 15 is 0 Å². The van der Waals surface area contributed by atoms with Gasteiger partial charge in [0.2, 0.25) is 5.75 Å². The molecule has 0 amide bonds. The molecule has 1 aromatic rings. The maximum atomic E-state index is 11.0. The zero-order valence-corrected chi connectivity index (χ0v) is 13.4. The Morgan fingerprint density at radius 2 is 1.67 bits per heavy atom. The van der Waals surface area contributed by atoms with E-state index in [2.05, 4.69) is 0 Å². The lowest BCUT2D eigenvalue weighted by Gasteiger charge is -2.17. The lowest BCUT2D eigenvalue weighted by Crippen LogP contribution is -2.16. The van der Waals surface area contributed by atoms with Gasteiger partial charge in [0.25, 0.3) is 0 Å². The minimum Gasteiger partial charge on any atom is -0.493 e. The van der Waals surface area contributed by atoms with Crippen LogP contribution in [0.4, 0.5) is 0 Å². The van der Waals surface area contributed by atoms with Gasteiger partial charge in [-0.3, -0.25) is 4.79 Å². The van der Waals surface area contributed by atoms with Crippen LogP contribution in [0.2, 0.25) is 0 Å². The molecule has 0 bridgehead atoms. The van der Waals surface area contributed by atoms with E-state index in [4.69, 9.17) is 18.9 Å². The topological polar surface area (TPSA) is 54.0 Å². The van der Waals surface area contributed by atoms with Crippen LogP contribution in [0.15, 0.2) is 12.1 Å². The summed E-state index contributed by atoms with van der Waals surface area (Å²) in [6.07, 6.45) is 2.25. The molecular formula is C16H24O5. The largest absolute Gasteiger partial charge is 0.493 e. The zero-order valence-electron chi connectivity index (χ0n) is 13.4. The maximum Gasteiger partial charge on any atom is 0.302 e. The Labute approximate surface area is 126 Å². The molecule has 0 saturated heterocycles. The lowest BCUT2D eigenvalue weighted by molar-refractivity contribution is -0.146. The Morgan fingerprint density at radius 1 is 1.10 bits per heavy atom. The molecule has 0 aromatic heterocycles. The highest BCUT2D eigenvalue weighted by molar-refractivity contribution is 5.66. The average molecular weight is 296 g/mol. The molecule has 1 atom stereocenters. The van der Waals surface area contributed by atoms with Crippen LogP contribution in [0.5, 0.6) is 17.2 Å². The highest BCUT2D eigenvalue weighted by Crippen LogP contribution is 2.38. The molecule has 0 radical (unpaired) electrons. The van der Waals surface area contributed by atoms with E-state index in [1.54, 1.807) is 21.3 Å². The molecule has 0 saturated carbocycles. The number of aryl methyl sites for hydroxylation is 1. The Kier molecular flexibility index (Phi) is 6.85. The molecule has 118 valence electrons. The van der Waals surface area contributed by atoms with E-state index in [9.17, 15) is 4.79 Å². The van der Waals surface area contributed by atoms with E-state index in [0.29, 0.717) is 17.2 Å². The first-order valence-corrected chi connectivity index (χ1v) is 7.01. The first kappa shape index (κ1) is 17.1. The van der Waals surface area contributed by atoms with Gasteiger partial charge < -0.3 is 18.9 Å². The fraction of sp³-hybridized carbons (Fsp3) is 0.562. The van der Waals surface area contributed by atoms with Crippen LogP contribution < -0.4 is 14.2 Å². The van der Waals surface area contributed by atoms with Gasteiger partial charge in [-0.25, -0.2) is 0 Å². The number of hydrogen-bond acceptors (Lipinski definition) is 5. The summed E-state index contributed by atoms with van der Waals surface area (Å²) in [4.78, 5) is 11.0. The highest BCUT2D eigenvalue weighted by Gasteiger charge is 2.15. The molecule has 5 nitrogen and oxygen atoms in total. The SMILES string of the molecule is CCC(CCc1cc(OC)c(OC)c(OC)c1)OC(C)=O. The monoisotopic (exact) mass is 296 g/mol. The van der Waals surface area contributed by atoms with Crippen molar-refractivity contribution in [2.45, 2.75) is 39.2 Å². The minimum atomic E-state index is -0.244. The third kappa shape index (κ3) is 4.85. The second kappa shape index (κ2) is 8.39. The number of hydrogen-bond donors (Lipinski definition) is 0. The summed E-state index contributed by atoms with van der Waals surface area (Å²) in [5.74, 6) is 1.60. The molecule has 0 fully saturated rings. The fourth-order valence-corrected chi connectivity index (χ4v) is 2.19.